The first-order valence-electron chi connectivity index (χ1n) is 8.07. The van der Waals surface area contributed by atoms with Crippen LogP contribution in [0.1, 0.15) is 31.4 Å². The molecule has 1 aromatic carbocycles. The van der Waals surface area contributed by atoms with Crippen molar-refractivity contribution in [1.82, 2.24) is 10.6 Å². The highest BCUT2D eigenvalue weighted by Crippen LogP contribution is 2.12. The van der Waals surface area contributed by atoms with E-state index in [2.05, 4.69) is 15.6 Å². The predicted molar refractivity (Wildman–Crippen MR) is 91.0 cm³/mol. The molecule has 0 saturated carbocycles. The van der Waals surface area contributed by atoms with Gasteiger partial charge in [0.1, 0.15) is 5.82 Å². The number of halogens is 1. The van der Waals surface area contributed by atoms with Crippen LogP contribution in [0.2, 0.25) is 0 Å². The quantitative estimate of drug-likeness (QED) is 0.394. The topological polar surface area (TPSA) is 54.9 Å². The van der Waals surface area contributed by atoms with Crippen LogP contribution in [0.15, 0.2) is 23.2 Å². The van der Waals surface area contributed by atoms with Crippen LogP contribution >= 0.6 is 0 Å². The minimum atomic E-state index is -0.250. The summed E-state index contributed by atoms with van der Waals surface area (Å²) in [6.07, 6.45) is 0.923. The molecule has 5 nitrogen and oxygen atoms in total. The molecule has 23 heavy (non-hydrogen) atoms. The molecular weight excluding hydrogens is 297 g/mol. The van der Waals surface area contributed by atoms with Gasteiger partial charge in [-0.2, -0.15) is 0 Å². The Balaban J connectivity index is 2.57. The van der Waals surface area contributed by atoms with Gasteiger partial charge in [0.25, 0.3) is 0 Å². The highest BCUT2D eigenvalue weighted by Gasteiger charge is 2.04. The maximum Gasteiger partial charge on any atom is 0.191 e. The number of rotatable bonds is 10. The fraction of sp³-hybridized carbons (Fsp3) is 0.588. The van der Waals surface area contributed by atoms with Crippen LogP contribution in [-0.2, 0) is 22.6 Å². The van der Waals surface area contributed by atoms with Gasteiger partial charge in [-0.15, -0.1) is 0 Å². The summed E-state index contributed by atoms with van der Waals surface area (Å²) in [6.45, 7) is 7.81. The molecule has 6 heteroatoms. The van der Waals surface area contributed by atoms with E-state index in [4.69, 9.17) is 9.47 Å². The average Bonchev–Trinajstić information content (AvgIpc) is 2.55. The van der Waals surface area contributed by atoms with Crippen LogP contribution in [0.4, 0.5) is 4.39 Å². The number of methoxy groups -OCH3 is 1. The molecule has 2 N–H and O–H groups in total. The van der Waals surface area contributed by atoms with Crippen LogP contribution in [0.25, 0.3) is 0 Å². The number of guanidine groups is 1. The maximum absolute atomic E-state index is 13.6. The van der Waals surface area contributed by atoms with Crippen molar-refractivity contribution in [2.75, 3.05) is 33.4 Å². The normalized spacial score (nSPS) is 11.6. The smallest absolute Gasteiger partial charge is 0.191 e. The number of hydrogen-bond donors (Lipinski definition) is 2. The number of nitrogens with zero attached hydrogens (tertiary/aromatic N) is 1. The maximum atomic E-state index is 13.6. The van der Waals surface area contributed by atoms with E-state index in [-0.39, 0.29) is 12.4 Å². The summed E-state index contributed by atoms with van der Waals surface area (Å²) in [6, 6.07) is 5.00. The Labute approximate surface area is 138 Å². The molecule has 0 fully saturated rings. The van der Waals surface area contributed by atoms with Crippen molar-refractivity contribution in [2.45, 2.75) is 33.4 Å². The fourth-order valence-corrected chi connectivity index (χ4v) is 2.03. The molecule has 1 rings (SSSR count). The zero-order valence-corrected chi connectivity index (χ0v) is 14.3. The number of hydrogen-bond acceptors (Lipinski definition) is 3. The van der Waals surface area contributed by atoms with E-state index in [1.54, 1.807) is 19.2 Å². The molecule has 0 bridgehead atoms. The molecular formula is C17H28FN3O2. The summed E-state index contributed by atoms with van der Waals surface area (Å²) < 4.78 is 23.9. The Morgan fingerprint density at radius 3 is 2.78 bits per heavy atom. The highest BCUT2D eigenvalue weighted by molar-refractivity contribution is 5.79. The van der Waals surface area contributed by atoms with E-state index >= 15 is 0 Å². The van der Waals surface area contributed by atoms with Gasteiger partial charge in [-0.3, -0.25) is 0 Å². The van der Waals surface area contributed by atoms with Crippen LogP contribution < -0.4 is 10.6 Å². The van der Waals surface area contributed by atoms with E-state index < -0.39 is 0 Å². The Kier molecular flexibility index (Phi) is 9.99. The van der Waals surface area contributed by atoms with Crippen molar-refractivity contribution in [3.8, 4) is 0 Å². The molecule has 0 saturated heterocycles. The second-order valence-corrected chi connectivity index (χ2v) is 5.03. The molecule has 0 aliphatic carbocycles. The molecule has 0 heterocycles. The Morgan fingerprint density at radius 2 is 2.09 bits per heavy atom. The third-order valence-corrected chi connectivity index (χ3v) is 3.14. The molecule has 0 spiro atoms. The second kappa shape index (κ2) is 11.8. The Bertz CT molecular complexity index is 481. The lowest BCUT2D eigenvalue weighted by Crippen LogP contribution is -2.38. The number of nitrogens with one attached hydrogen (secondary N) is 2. The van der Waals surface area contributed by atoms with Crippen molar-refractivity contribution in [3.63, 3.8) is 0 Å². The molecule has 0 aliphatic heterocycles. The van der Waals surface area contributed by atoms with Gasteiger partial charge in [-0.1, -0.05) is 6.07 Å². The van der Waals surface area contributed by atoms with Gasteiger partial charge < -0.3 is 20.1 Å². The summed E-state index contributed by atoms with van der Waals surface area (Å²) in [7, 11) is 1.56. The fourth-order valence-electron chi connectivity index (χ4n) is 2.03. The molecule has 0 atom stereocenters. The minimum Gasteiger partial charge on any atom is -0.382 e. The molecule has 0 aromatic heterocycles. The average molecular weight is 325 g/mol. The van der Waals surface area contributed by atoms with Crippen molar-refractivity contribution >= 4 is 5.96 Å². The zero-order chi connectivity index (χ0) is 16.9. The third kappa shape index (κ3) is 7.95. The molecule has 0 unspecified atom stereocenters. The van der Waals surface area contributed by atoms with Gasteiger partial charge in [0.05, 0.1) is 13.2 Å². The van der Waals surface area contributed by atoms with Crippen LogP contribution in [0.3, 0.4) is 0 Å². The Hall–Kier alpha value is -1.66. The first-order valence-corrected chi connectivity index (χ1v) is 8.07. The lowest BCUT2D eigenvalue weighted by Gasteiger charge is -2.11. The highest BCUT2D eigenvalue weighted by atomic mass is 19.1. The Morgan fingerprint density at radius 1 is 1.26 bits per heavy atom. The lowest BCUT2D eigenvalue weighted by molar-refractivity contribution is 0.145. The van der Waals surface area contributed by atoms with Crippen molar-refractivity contribution < 1.29 is 13.9 Å². The first-order chi connectivity index (χ1) is 11.2. The van der Waals surface area contributed by atoms with Crippen molar-refractivity contribution in [3.05, 3.63) is 35.1 Å². The van der Waals surface area contributed by atoms with E-state index in [1.165, 1.54) is 6.07 Å². The molecule has 1 aromatic rings. The van der Waals surface area contributed by atoms with Gasteiger partial charge in [0.2, 0.25) is 0 Å². The largest absolute Gasteiger partial charge is 0.382 e. The van der Waals surface area contributed by atoms with Crippen LogP contribution in [-0.4, -0.2) is 39.4 Å². The van der Waals surface area contributed by atoms with Crippen molar-refractivity contribution in [1.29, 1.82) is 0 Å². The minimum absolute atomic E-state index is 0.250. The summed E-state index contributed by atoms with van der Waals surface area (Å²) in [5.74, 6) is 0.502. The summed E-state index contributed by atoms with van der Waals surface area (Å²) in [4.78, 5) is 4.52. The standard InChI is InChI=1S/C17H28FN3O2/c1-4-19-17(20-9-6-10-23-5-2)21-12-14-7-8-16(18)15(11-14)13-22-3/h7-8,11H,4-6,9-10,12-13H2,1-3H3,(H2,19,20,21). The summed E-state index contributed by atoms with van der Waals surface area (Å²) in [5.41, 5.74) is 1.50. The van der Waals surface area contributed by atoms with Gasteiger partial charge >= 0.3 is 0 Å². The van der Waals surface area contributed by atoms with Gasteiger partial charge in [-0.25, -0.2) is 9.38 Å². The van der Waals surface area contributed by atoms with E-state index in [9.17, 15) is 4.39 Å². The second-order valence-electron chi connectivity index (χ2n) is 5.03. The predicted octanol–water partition coefficient (Wildman–Crippen LogP) is 2.45. The third-order valence-electron chi connectivity index (χ3n) is 3.14. The van der Waals surface area contributed by atoms with E-state index in [0.29, 0.717) is 12.1 Å². The van der Waals surface area contributed by atoms with Crippen LogP contribution in [0, 0.1) is 5.82 Å². The van der Waals surface area contributed by atoms with E-state index in [0.717, 1.165) is 44.2 Å². The molecule has 0 amide bonds. The number of aliphatic imine (C=N–C) groups is 1. The summed E-state index contributed by atoms with van der Waals surface area (Å²) >= 11 is 0. The molecule has 0 radical (unpaired) electrons. The SMILES string of the molecule is CCNC(=NCc1ccc(F)c(COC)c1)NCCCOCC. The van der Waals surface area contributed by atoms with E-state index in [1.807, 2.05) is 13.8 Å². The van der Waals surface area contributed by atoms with Crippen LogP contribution in [0.5, 0.6) is 0 Å². The lowest BCUT2D eigenvalue weighted by atomic mass is 10.1. The molecule has 0 aliphatic rings. The first kappa shape index (κ1) is 19.4. The van der Waals surface area contributed by atoms with Crippen molar-refractivity contribution in [2.24, 2.45) is 4.99 Å². The zero-order valence-electron chi connectivity index (χ0n) is 14.3. The number of benzene rings is 1. The molecule has 130 valence electrons. The van der Waals surface area contributed by atoms with Gasteiger partial charge in [0, 0.05) is 39.0 Å². The number of ether oxygens (including phenoxy) is 2. The monoisotopic (exact) mass is 325 g/mol. The van der Waals surface area contributed by atoms with Gasteiger partial charge in [0.15, 0.2) is 5.96 Å². The summed E-state index contributed by atoms with van der Waals surface area (Å²) in [5, 5.41) is 6.46. The van der Waals surface area contributed by atoms with Gasteiger partial charge in [-0.05, 0) is 38.0 Å².